The molecule has 0 bridgehead atoms. The molecular formula is C24H44. The van der Waals surface area contributed by atoms with Gasteiger partial charge in [-0.2, -0.15) is 0 Å². The van der Waals surface area contributed by atoms with E-state index in [-0.39, 0.29) is 0 Å². The summed E-state index contributed by atoms with van der Waals surface area (Å²) in [6.45, 7) is 2.30. The Balaban J connectivity index is 1.76. The van der Waals surface area contributed by atoms with Gasteiger partial charge in [-0.15, -0.1) is 0 Å². The number of hydrogen-bond acceptors (Lipinski definition) is 0. The van der Waals surface area contributed by atoms with Crippen molar-refractivity contribution < 1.29 is 0 Å². The van der Waals surface area contributed by atoms with Gasteiger partial charge in [-0.3, -0.25) is 0 Å². The summed E-state index contributed by atoms with van der Waals surface area (Å²) >= 11 is 0. The van der Waals surface area contributed by atoms with E-state index >= 15 is 0 Å². The summed E-state index contributed by atoms with van der Waals surface area (Å²) in [5.41, 5.74) is 1.68. The number of unbranched alkanes of at least 4 members (excludes halogenated alkanes) is 13. The highest BCUT2D eigenvalue weighted by Crippen LogP contribution is 2.22. The van der Waals surface area contributed by atoms with Gasteiger partial charge in [-0.05, 0) is 38.5 Å². The topological polar surface area (TPSA) is 0 Å². The van der Waals surface area contributed by atoms with Crippen molar-refractivity contribution >= 4 is 0 Å². The zero-order valence-corrected chi connectivity index (χ0v) is 16.7. The molecule has 1 rings (SSSR count). The Morgan fingerprint density at radius 2 is 1.12 bits per heavy atom. The Morgan fingerprint density at radius 3 is 1.67 bits per heavy atom. The number of allylic oxidation sites excluding steroid dienone is 4. The van der Waals surface area contributed by atoms with E-state index in [0.717, 1.165) is 0 Å². The third-order valence-corrected chi connectivity index (χ3v) is 5.44. The van der Waals surface area contributed by atoms with Crippen molar-refractivity contribution in [3.8, 4) is 0 Å². The largest absolute Gasteiger partial charge is 0.0845 e. The molecule has 0 heteroatoms. The van der Waals surface area contributed by atoms with Crippen molar-refractivity contribution in [3.63, 3.8) is 0 Å². The molecule has 24 heavy (non-hydrogen) atoms. The van der Waals surface area contributed by atoms with Gasteiger partial charge in [0.1, 0.15) is 0 Å². The Labute approximate surface area is 153 Å². The predicted octanol–water partition coefficient (Wildman–Crippen LogP) is 8.91. The molecule has 1 aliphatic carbocycles. The Morgan fingerprint density at radius 1 is 0.625 bits per heavy atom. The van der Waals surface area contributed by atoms with Crippen LogP contribution >= 0.6 is 0 Å². The van der Waals surface area contributed by atoms with Gasteiger partial charge in [-0.1, -0.05) is 114 Å². The van der Waals surface area contributed by atoms with E-state index in [2.05, 4.69) is 25.2 Å². The zero-order valence-electron chi connectivity index (χ0n) is 16.7. The van der Waals surface area contributed by atoms with E-state index in [1.54, 1.807) is 5.57 Å². The fourth-order valence-electron chi connectivity index (χ4n) is 3.75. The average molecular weight is 333 g/mol. The van der Waals surface area contributed by atoms with E-state index in [1.807, 2.05) is 0 Å². The van der Waals surface area contributed by atoms with Crippen LogP contribution in [0, 0.1) is 0 Å². The summed E-state index contributed by atoms with van der Waals surface area (Å²) in [4.78, 5) is 0. The quantitative estimate of drug-likeness (QED) is 0.262. The van der Waals surface area contributed by atoms with E-state index in [4.69, 9.17) is 0 Å². The van der Waals surface area contributed by atoms with Crippen LogP contribution in [0.25, 0.3) is 0 Å². The van der Waals surface area contributed by atoms with Crippen LogP contribution in [0.4, 0.5) is 0 Å². The van der Waals surface area contributed by atoms with Crippen LogP contribution in [0.1, 0.15) is 129 Å². The molecule has 0 radical (unpaired) electrons. The van der Waals surface area contributed by atoms with Crippen LogP contribution < -0.4 is 0 Å². The van der Waals surface area contributed by atoms with Gasteiger partial charge in [-0.25, -0.2) is 0 Å². The Kier molecular flexibility index (Phi) is 15.5. The first kappa shape index (κ1) is 21.5. The summed E-state index contributed by atoms with van der Waals surface area (Å²) in [5, 5.41) is 0. The van der Waals surface area contributed by atoms with Gasteiger partial charge in [0.15, 0.2) is 0 Å². The average Bonchev–Trinajstić information content (AvgIpc) is 2.62. The van der Waals surface area contributed by atoms with Crippen molar-refractivity contribution in [1.29, 1.82) is 0 Å². The predicted molar refractivity (Wildman–Crippen MR) is 111 cm³/mol. The van der Waals surface area contributed by atoms with Crippen molar-refractivity contribution in [2.75, 3.05) is 0 Å². The second-order valence-electron chi connectivity index (χ2n) is 7.85. The summed E-state index contributed by atoms with van der Waals surface area (Å²) in [6, 6.07) is 0. The normalized spacial score (nSPS) is 15.3. The standard InChI is InChI=1S/C24H44/c1-2-3-4-5-6-7-8-9-10-11-12-13-14-15-16-18-21-24-22-19-17-20-23-24/h16,18,21H,2-15,17,19-20,22-23H2,1H3/b18-16+. The highest BCUT2D eigenvalue weighted by atomic mass is 14.1. The van der Waals surface area contributed by atoms with E-state index in [9.17, 15) is 0 Å². The molecule has 0 aromatic heterocycles. The fourth-order valence-corrected chi connectivity index (χ4v) is 3.75. The summed E-state index contributed by atoms with van der Waals surface area (Å²) in [7, 11) is 0. The van der Waals surface area contributed by atoms with Gasteiger partial charge in [0, 0.05) is 0 Å². The summed E-state index contributed by atoms with van der Waals surface area (Å²) < 4.78 is 0. The maximum Gasteiger partial charge on any atom is -0.0317 e. The van der Waals surface area contributed by atoms with Gasteiger partial charge < -0.3 is 0 Å². The van der Waals surface area contributed by atoms with Crippen LogP contribution in [0.15, 0.2) is 23.8 Å². The Bertz CT molecular complexity index is 302. The first-order chi connectivity index (χ1) is 11.9. The van der Waals surface area contributed by atoms with Gasteiger partial charge in [0.05, 0.1) is 0 Å². The highest BCUT2D eigenvalue weighted by molar-refractivity contribution is 5.13. The van der Waals surface area contributed by atoms with E-state index in [1.165, 1.54) is 122 Å². The lowest BCUT2D eigenvalue weighted by molar-refractivity contribution is 0.540. The molecule has 0 aromatic rings. The molecule has 1 fully saturated rings. The fraction of sp³-hybridized carbons (Fsp3) is 0.833. The molecule has 0 heterocycles. The Hall–Kier alpha value is -0.520. The van der Waals surface area contributed by atoms with Crippen molar-refractivity contribution in [1.82, 2.24) is 0 Å². The second-order valence-corrected chi connectivity index (χ2v) is 7.85. The third kappa shape index (κ3) is 13.9. The molecule has 0 atom stereocenters. The first-order valence-electron chi connectivity index (χ1n) is 11.3. The minimum absolute atomic E-state index is 1.28. The lowest BCUT2D eigenvalue weighted by Gasteiger charge is -2.12. The van der Waals surface area contributed by atoms with Gasteiger partial charge in [0.2, 0.25) is 0 Å². The van der Waals surface area contributed by atoms with Crippen LogP contribution in [-0.4, -0.2) is 0 Å². The van der Waals surface area contributed by atoms with Gasteiger partial charge >= 0.3 is 0 Å². The molecule has 0 spiro atoms. The maximum atomic E-state index is 2.39. The molecular weight excluding hydrogens is 288 g/mol. The molecule has 1 aliphatic rings. The van der Waals surface area contributed by atoms with Crippen LogP contribution in [-0.2, 0) is 0 Å². The smallest absolute Gasteiger partial charge is 0.0317 e. The maximum absolute atomic E-state index is 2.39. The van der Waals surface area contributed by atoms with E-state index < -0.39 is 0 Å². The zero-order chi connectivity index (χ0) is 17.1. The van der Waals surface area contributed by atoms with Crippen molar-refractivity contribution in [2.45, 2.75) is 129 Å². The first-order valence-corrected chi connectivity index (χ1v) is 11.3. The molecule has 0 saturated heterocycles. The molecule has 140 valence electrons. The number of rotatable bonds is 15. The summed E-state index contributed by atoms with van der Waals surface area (Å²) in [5.74, 6) is 0. The highest BCUT2D eigenvalue weighted by Gasteiger charge is 2.02. The minimum Gasteiger partial charge on any atom is -0.0845 e. The van der Waals surface area contributed by atoms with Gasteiger partial charge in [0.25, 0.3) is 0 Å². The van der Waals surface area contributed by atoms with Crippen molar-refractivity contribution in [2.24, 2.45) is 0 Å². The van der Waals surface area contributed by atoms with E-state index in [0.29, 0.717) is 0 Å². The van der Waals surface area contributed by atoms with Crippen molar-refractivity contribution in [3.05, 3.63) is 23.8 Å². The molecule has 0 unspecified atom stereocenters. The SMILES string of the molecule is CCCCCCCCCCCCCCC/C=C/C=C1CCCCC1. The summed E-state index contributed by atoms with van der Waals surface area (Å²) in [6.07, 6.45) is 34.2. The molecule has 0 nitrogen and oxygen atoms in total. The molecule has 0 aromatic carbocycles. The minimum atomic E-state index is 1.28. The molecule has 1 saturated carbocycles. The monoisotopic (exact) mass is 332 g/mol. The molecule has 0 amide bonds. The van der Waals surface area contributed by atoms with Crippen LogP contribution in [0.2, 0.25) is 0 Å². The molecule has 0 aliphatic heterocycles. The molecule has 0 N–H and O–H groups in total. The van der Waals surface area contributed by atoms with Crippen LogP contribution in [0.3, 0.4) is 0 Å². The van der Waals surface area contributed by atoms with Crippen LogP contribution in [0.5, 0.6) is 0 Å². The lowest BCUT2D eigenvalue weighted by atomic mass is 9.95. The lowest BCUT2D eigenvalue weighted by Crippen LogP contribution is -1.92. The third-order valence-electron chi connectivity index (χ3n) is 5.44. The number of hydrogen-bond donors (Lipinski definition) is 0. The second kappa shape index (κ2) is 17.3.